The van der Waals surface area contributed by atoms with Gasteiger partial charge >= 0.3 is 0 Å². The van der Waals surface area contributed by atoms with Gasteiger partial charge in [0.05, 0.1) is 0 Å². The van der Waals surface area contributed by atoms with Crippen molar-refractivity contribution in [1.82, 2.24) is 14.9 Å². The lowest BCUT2D eigenvalue weighted by atomic mass is 9.91. The predicted octanol–water partition coefficient (Wildman–Crippen LogP) is 2.44. The van der Waals surface area contributed by atoms with Crippen molar-refractivity contribution in [3.8, 4) is 0 Å². The summed E-state index contributed by atoms with van der Waals surface area (Å²) in [5, 5.41) is 0. The molecule has 0 spiro atoms. The van der Waals surface area contributed by atoms with Crippen LogP contribution in [0.25, 0.3) is 0 Å². The highest BCUT2D eigenvalue weighted by molar-refractivity contribution is 5.50. The number of rotatable bonds is 2. The summed E-state index contributed by atoms with van der Waals surface area (Å²) in [4.78, 5) is 14.4. The molecule has 0 bridgehead atoms. The summed E-state index contributed by atoms with van der Waals surface area (Å²) in [5.74, 6) is 2.82. The lowest BCUT2D eigenvalue weighted by Crippen LogP contribution is -2.48. The minimum Gasteiger partial charge on any atom is -0.356 e. The van der Waals surface area contributed by atoms with Crippen LogP contribution in [0.15, 0.2) is 0 Å². The average molecular weight is 288 g/mol. The smallest absolute Gasteiger partial charge is 0.135 e. The van der Waals surface area contributed by atoms with Crippen molar-refractivity contribution in [1.29, 1.82) is 0 Å². The number of hydrogen-bond donors (Lipinski definition) is 0. The Labute approximate surface area is 128 Å². The molecule has 2 aliphatic rings. The number of aromatic nitrogens is 2. The van der Waals surface area contributed by atoms with Crippen molar-refractivity contribution in [2.24, 2.45) is 5.92 Å². The molecule has 0 radical (unpaired) electrons. The van der Waals surface area contributed by atoms with Gasteiger partial charge in [-0.2, -0.15) is 0 Å². The molecular formula is C17H28N4. The maximum Gasteiger partial charge on any atom is 0.135 e. The molecule has 4 nitrogen and oxygen atoms in total. The molecule has 0 saturated carbocycles. The van der Waals surface area contributed by atoms with Gasteiger partial charge in [0, 0.05) is 30.9 Å². The molecule has 1 aliphatic heterocycles. The molecule has 116 valence electrons. The van der Waals surface area contributed by atoms with E-state index >= 15 is 0 Å². The van der Waals surface area contributed by atoms with E-state index in [1.165, 1.54) is 49.4 Å². The molecule has 1 fully saturated rings. The molecule has 2 unspecified atom stereocenters. The summed E-state index contributed by atoms with van der Waals surface area (Å²) in [6, 6.07) is 0.599. The minimum atomic E-state index is 0.599. The maximum atomic E-state index is 4.82. The first kappa shape index (κ1) is 14.8. The summed E-state index contributed by atoms with van der Waals surface area (Å²) in [6.45, 7) is 6.77. The van der Waals surface area contributed by atoms with Gasteiger partial charge in [-0.3, -0.25) is 0 Å². The summed E-state index contributed by atoms with van der Waals surface area (Å²) in [6.07, 6.45) is 6.06. The second-order valence-corrected chi connectivity index (χ2v) is 6.93. The fourth-order valence-electron chi connectivity index (χ4n) is 4.06. The molecule has 0 amide bonds. The van der Waals surface area contributed by atoms with E-state index in [0.717, 1.165) is 18.7 Å². The predicted molar refractivity (Wildman–Crippen MR) is 86.9 cm³/mol. The molecule has 4 heteroatoms. The Bertz CT molecular complexity index is 514. The number of aryl methyl sites for hydroxylation is 2. The third-order valence-corrected chi connectivity index (χ3v) is 5.17. The second-order valence-electron chi connectivity index (χ2n) is 6.93. The lowest BCUT2D eigenvalue weighted by Gasteiger charge is -2.41. The fourth-order valence-corrected chi connectivity index (χ4v) is 4.06. The third-order valence-electron chi connectivity index (χ3n) is 5.17. The first-order valence-electron chi connectivity index (χ1n) is 8.34. The molecule has 1 aromatic heterocycles. The average Bonchev–Trinajstić information content (AvgIpc) is 2.45. The standard InChI is InChI=1S/C17H28N4/c1-12-11-20(3)10-9-16(12)21(4)17-14-7-5-6-8-15(14)18-13(2)19-17/h12,16H,5-11H2,1-4H3. The first-order chi connectivity index (χ1) is 10.1. The van der Waals surface area contributed by atoms with Crippen molar-refractivity contribution in [3.63, 3.8) is 0 Å². The van der Waals surface area contributed by atoms with Crippen LogP contribution in [-0.4, -0.2) is 48.1 Å². The van der Waals surface area contributed by atoms with Gasteiger partial charge in [0.25, 0.3) is 0 Å². The van der Waals surface area contributed by atoms with Crippen LogP contribution in [-0.2, 0) is 12.8 Å². The molecule has 3 rings (SSSR count). The molecule has 21 heavy (non-hydrogen) atoms. The van der Waals surface area contributed by atoms with E-state index in [1.807, 2.05) is 6.92 Å². The molecule has 0 N–H and O–H groups in total. The SMILES string of the molecule is Cc1nc2c(c(N(C)C3CCN(C)CC3C)n1)CCCC2. The van der Waals surface area contributed by atoms with Crippen LogP contribution in [0.3, 0.4) is 0 Å². The molecule has 1 aliphatic carbocycles. The van der Waals surface area contributed by atoms with Gasteiger partial charge in [0.15, 0.2) is 0 Å². The Hall–Kier alpha value is -1.16. The van der Waals surface area contributed by atoms with E-state index in [0.29, 0.717) is 12.0 Å². The summed E-state index contributed by atoms with van der Waals surface area (Å²) in [7, 11) is 4.46. The van der Waals surface area contributed by atoms with Crippen molar-refractivity contribution >= 4 is 5.82 Å². The first-order valence-corrected chi connectivity index (χ1v) is 8.34. The van der Waals surface area contributed by atoms with Crippen molar-refractivity contribution in [2.45, 2.75) is 52.0 Å². The zero-order chi connectivity index (χ0) is 15.0. The summed E-state index contributed by atoms with van der Waals surface area (Å²) < 4.78 is 0. The van der Waals surface area contributed by atoms with Crippen molar-refractivity contribution in [2.75, 3.05) is 32.1 Å². The van der Waals surface area contributed by atoms with Crippen LogP contribution in [0, 0.1) is 12.8 Å². The molecule has 2 heterocycles. The Morgan fingerprint density at radius 2 is 1.95 bits per heavy atom. The second kappa shape index (κ2) is 5.91. The largest absolute Gasteiger partial charge is 0.356 e. The number of piperidine rings is 1. The monoisotopic (exact) mass is 288 g/mol. The quantitative estimate of drug-likeness (QED) is 0.837. The Balaban J connectivity index is 1.90. The molecular weight excluding hydrogens is 260 g/mol. The maximum absolute atomic E-state index is 4.82. The molecule has 2 atom stereocenters. The Morgan fingerprint density at radius 3 is 2.71 bits per heavy atom. The van der Waals surface area contributed by atoms with Crippen LogP contribution in [0.2, 0.25) is 0 Å². The van der Waals surface area contributed by atoms with Gasteiger partial charge in [-0.1, -0.05) is 6.92 Å². The zero-order valence-corrected chi connectivity index (χ0v) is 13.9. The van der Waals surface area contributed by atoms with E-state index in [2.05, 4.69) is 35.8 Å². The van der Waals surface area contributed by atoms with Gasteiger partial charge in [-0.25, -0.2) is 9.97 Å². The summed E-state index contributed by atoms with van der Waals surface area (Å²) in [5.41, 5.74) is 2.72. The number of anilines is 1. The molecule has 0 aromatic carbocycles. The molecule has 1 saturated heterocycles. The zero-order valence-electron chi connectivity index (χ0n) is 13.9. The van der Waals surface area contributed by atoms with E-state index in [-0.39, 0.29) is 0 Å². The van der Waals surface area contributed by atoms with Crippen LogP contribution in [0.1, 0.15) is 43.3 Å². The highest BCUT2D eigenvalue weighted by Gasteiger charge is 2.30. The van der Waals surface area contributed by atoms with Crippen LogP contribution < -0.4 is 4.90 Å². The minimum absolute atomic E-state index is 0.599. The van der Waals surface area contributed by atoms with E-state index in [9.17, 15) is 0 Å². The molecule has 1 aromatic rings. The number of fused-ring (bicyclic) bond motifs is 1. The lowest BCUT2D eigenvalue weighted by molar-refractivity contribution is 0.193. The van der Waals surface area contributed by atoms with Gasteiger partial charge in [0.1, 0.15) is 11.6 Å². The van der Waals surface area contributed by atoms with Gasteiger partial charge < -0.3 is 9.80 Å². The number of hydrogen-bond acceptors (Lipinski definition) is 4. The number of likely N-dealkylation sites (tertiary alicyclic amines) is 1. The normalized spacial score (nSPS) is 26.5. The fraction of sp³-hybridized carbons (Fsp3) is 0.765. The summed E-state index contributed by atoms with van der Waals surface area (Å²) >= 11 is 0. The Kier molecular flexibility index (Phi) is 4.16. The third kappa shape index (κ3) is 2.91. The van der Waals surface area contributed by atoms with Crippen LogP contribution >= 0.6 is 0 Å². The van der Waals surface area contributed by atoms with E-state index < -0.39 is 0 Å². The highest BCUT2D eigenvalue weighted by atomic mass is 15.2. The van der Waals surface area contributed by atoms with Gasteiger partial charge in [0.2, 0.25) is 0 Å². The van der Waals surface area contributed by atoms with Crippen molar-refractivity contribution < 1.29 is 0 Å². The van der Waals surface area contributed by atoms with Crippen LogP contribution in [0.5, 0.6) is 0 Å². The van der Waals surface area contributed by atoms with Crippen molar-refractivity contribution in [3.05, 3.63) is 17.1 Å². The van der Waals surface area contributed by atoms with E-state index in [4.69, 9.17) is 4.98 Å². The Morgan fingerprint density at radius 1 is 1.19 bits per heavy atom. The highest BCUT2D eigenvalue weighted by Crippen LogP contribution is 2.31. The van der Waals surface area contributed by atoms with E-state index in [1.54, 1.807) is 0 Å². The van der Waals surface area contributed by atoms with Crippen LogP contribution in [0.4, 0.5) is 5.82 Å². The van der Waals surface area contributed by atoms with Gasteiger partial charge in [-0.05, 0) is 58.5 Å². The topological polar surface area (TPSA) is 32.3 Å². The number of nitrogens with zero attached hydrogens (tertiary/aromatic N) is 4. The van der Waals surface area contributed by atoms with Gasteiger partial charge in [-0.15, -0.1) is 0 Å².